The summed E-state index contributed by atoms with van der Waals surface area (Å²) < 4.78 is 0. The summed E-state index contributed by atoms with van der Waals surface area (Å²) in [4.78, 5) is 15.9. The molecule has 0 unspecified atom stereocenters. The molecular formula is C11H18N3O2-. The summed E-state index contributed by atoms with van der Waals surface area (Å²) in [6.07, 6.45) is 1.11. The molecule has 1 spiro atoms. The van der Waals surface area contributed by atoms with Crippen molar-refractivity contribution in [1.82, 2.24) is 10.6 Å². The van der Waals surface area contributed by atoms with E-state index >= 15 is 0 Å². The minimum atomic E-state index is -0.866. The fraction of sp³-hybridized carbons (Fsp3) is 0.818. The van der Waals surface area contributed by atoms with Gasteiger partial charge < -0.3 is 15.7 Å². The topological polar surface area (TPSA) is 76.6 Å². The summed E-state index contributed by atoms with van der Waals surface area (Å²) in [5.74, 6) is -0.250. The molecule has 0 aromatic carbocycles. The fourth-order valence-corrected chi connectivity index (χ4v) is 3.26. The maximum Gasteiger partial charge on any atom is 0.252 e. The van der Waals surface area contributed by atoms with Crippen molar-refractivity contribution in [3.63, 3.8) is 0 Å². The lowest BCUT2D eigenvalue weighted by molar-refractivity contribution is -0.220. The van der Waals surface area contributed by atoms with Crippen LogP contribution in [-0.4, -0.2) is 28.5 Å². The van der Waals surface area contributed by atoms with E-state index in [-0.39, 0.29) is 17.0 Å². The monoisotopic (exact) mass is 224 g/mol. The van der Waals surface area contributed by atoms with Crippen LogP contribution in [0, 0.1) is 0 Å². The first-order chi connectivity index (χ1) is 7.14. The van der Waals surface area contributed by atoms with Crippen LogP contribution < -0.4 is 15.7 Å². The second kappa shape index (κ2) is 2.97. The summed E-state index contributed by atoms with van der Waals surface area (Å²) in [6.45, 7) is 8.12. The second-order valence-corrected chi connectivity index (χ2v) is 6.15. The number of amidine groups is 1. The number of carbonyl (C=O) groups is 1. The lowest BCUT2D eigenvalue weighted by Gasteiger charge is -2.49. The zero-order valence-corrected chi connectivity index (χ0v) is 10.2. The number of aliphatic imine (C=N–C) groups is 1. The maximum absolute atomic E-state index is 11.9. The van der Waals surface area contributed by atoms with Gasteiger partial charge in [-0.15, -0.1) is 0 Å². The number of nitrogens with one attached hydrogen (secondary N) is 2. The number of nitrogens with zero attached hydrogens (tertiary/aromatic N) is 1. The molecule has 5 nitrogen and oxygen atoms in total. The Morgan fingerprint density at radius 2 is 1.69 bits per heavy atom. The van der Waals surface area contributed by atoms with Crippen molar-refractivity contribution in [2.75, 3.05) is 0 Å². The van der Waals surface area contributed by atoms with Gasteiger partial charge >= 0.3 is 0 Å². The predicted octanol–water partition coefficient (Wildman–Crippen LogP) is -0.488. The van der Waals surface area contributed by atoms with Crippen molar-refractivity contribution < 1.29 is 9.90 Å². The van der Waals surface area contributed by atoms with Crippen molar-refractivity contribution >= 4 is 11.9 Å². The zero-order valence-electron chi connectivity index (χ0n) is 10.2. The standard InChI is InChI=1S/C11H19N3O2/c1-9(2)5-11(6-10(3,4)14-9)7(15)12-8(16)13-11/h14H,5-6H2,1-4H3,(H2,12,13,15,16)/p-1. The van der Waals surface area contributed by atoms with Crippen LogP contribution >= 0.6 is 0 Å². The van der Waals surface area contributed by atoms with E-state index in [1.165, 1.54) is 0 Å². The molecule has 2 N–H and O–H groups in total. The number of carbonyl (C=O) groups excluding carboxylic acids is 1. The van der Waals surface area contributed by atoms with Crippen LogP contribution in [0.5, 0.6) is 0 Å². The van der Waals surface area contributed by atoms with Gasteiger partial charge in [0, 0.05) is 11.1 Å². The summed E-state index contributed by atoms with van der Waals surface area (Å²) in [5, 5.41) is 17.0. The molecule has 0 aliphatic carbocycles. The molecule has 2 rings (SSSR count). The Labute approximate surface area is 95.3 Å². The SMILES string of the molecule is CC1(C)CC2(CC(C)(C)N1)N=C([O-])NC2=O. The lowest BCUT2D eigenvalue weighted by Crippen LogP contribution is -2.65. The molecule has 0 aromatic heterocycles. The van der Waals surface area contributed by atoms with E-state index in [1.807, 2.05) is 27.7 Å². The van der Waals surface area contributed by atoms with Gasteiger partial charge in [0.2, 0.25) is 0 Å². The number of piperidine rings is 1. The number of amides is 1. The fourth-order valence-electron chi connectivity index (χ4n) is 3.26. The highest BCUT2D eigenvalue weighted by Gasteiger charge is 2.53. The minimum absolute atomic E-state index is 0.201. The van der Waals surface area contributed by atoms with E-state index < -0.39 is 11.6 Å². The molecule has 1 amide bonds. The van der Waals surface area contributed by atoms with Crippen molar-refractivity contribution in [3.8, 4) is 0 Å². The molecule has 1 fully saturated rings. The van der Waals surface area contributed by atoms with Gasteiger partial charge in [0.15, 0.2) is 0 Å². The van der Waals surface area contributed by atoms with Gasteiger partial charge in [-0.1, -0.05) is 0 Å². The molecule has 16 heavy (non-hydrogen) atoms. The van der Waals surface area contributed by atoms with Crippen LogP contribution in [-0.2, 0) is 4.79 Å². The number of rotatable bonds is 0. The zero-order chi connectivity index (χ0) is 12.2. The van der Waals surface area contributed by atoms with Gasteiger partial charge in [-0.3, -0.25) is 9.79 Å². The quantitative estimate of drug-likeness (QED) is 0.583. The smallest absolute Gasteiger partial charge is 0.252 e. The molecule has 0 radical (unpaired) electrons. The van der Waals surface area contributed by atoms with Gasteiger partial charge in [-0.05, 0) is 40.5 Å². The molecule has 2 aliphatic rings. The lowest BCUT2D eigenvalue weighted by atomic mass is 9.71. The van der Waals surface area contributed by atoms with E-state index in [1.54, 1.807) is 0 Å². The van der Waals surface area contributed by atoms with E-state index in [2.05, 4.69) is 15.6 Å². The second-order valence-electron chi connectivity index (χ2n) is 6.15. The highest BCUT2D eigenvalue weighted by molar-refractivity contribution is 6.04. The van der Waals surface area contributed by atoms with Crippen LogP contribution in [0.25, 0.3) is 0 Å². The van der Waals surface area contributed by atoms with Crippen molar-refractivity contribution in [1.29, 1.82) is 0 Å². The molecule has 2 aliphatic heterocycles. The first-order valence-electron chi connectivity index (χ1n) is 5.52. The van der Waals surface area contributed by atoms with E-state index in [4.69, 9.17) is 0 Å². The number of hydrogen-bond donors (Lipinski definition) is 2. The third-order valence-corrected chi connectivity index (χ3v) is 3.10. The molecule has 0 saturated carbocycles. The largest absolute Gasteiger partial charge is 0.846 e. The van der Waals surface area contributed by atoms with Crippen LogP contribution in [0.3, 0.4) is 0 Å². The van der Waals surface area contributed by atoms with Crippen LogP contribution in [0.4, 0.5) is 0 Å². The van der Waals surface area contributed by atoms with Crippen LogP contribution in [0.1, 0.15) is 40.5 Å². The summed E-state index contributed by atoms with van der Waals surface area (Å²) >= 11 is 0. The first kappa shape index (κ1) is 11.4. The molecule has 0 aromatic rings. The Hall–Kier alpha value is -1.10. The number of hydrogen-bond acceptors (Lipinski definition) is 4. The first-order valence-corrected chi connectivity index (χ1v) is 5.52. The highest BCUT2D eigenvalue weighted by Crippen LogP contribution is 2.40. The van der Waals surface area contributed by atoms with Crippen molar-refractivity contribution in [2.24, 2.45) is 4.99 Å². The van der Waals surface area contributed by atoms with Gasteiger partial charge in [0.25, 0.3) is 5.91 Å². The Bertz CT molecular complexity index is 355. The Balaban J connectivity index is 2.39. The molecule has 0 bridgehead atoms. The van der Waals surface area contributed by atoms with Gasteiger partial charge in [-0.25, -0.2) is 0 Å². The molecule has 0 atom stereocenters. The minimum Gasteiger partial charge on any atom is -0.846 e. The van der Waals surface area contributed by atoms with Crippen LogP contribution in [0.15, 0.2) is 4.99 Å². The Kier molecular flexibility index (Phi) is 2.11. The molecule has 2 heterocycles. The summed E-state index contributed by atoms with van der Waals surface area (Å²) in [7, 11) is 0. The van der Waals surface area contributed by atoms with Gasteiger partial charge in [-0.2, -0.15) is 0 Å². The molecule has 1 saturated heterocycles. The van der Waals surface area contributed by atoms with Crippen LogP contribution in [0.2, 0.25) is 0 Å². The van der Waals surface area contributed by atoms with Gasteiger partial charge in [0.05, 0.1) is 6.02 Å². The Morgan fingerprint density at radius 1 is 1.19 bits per heavy atom. The third-order valence-electron chi connectivity index (χ3n) is 3.10. The Morgan fingerprint density at radius 3 is 2.06 bits per heavy atom. The van der Waals surface area contributed by atoms with Gasteiger partial charge in [0.1, 0.15) is 5.54 Å². The van der Waals surface area contributed by atoms with E-state index in [0.717, 1.165) is 0 Å². The summed E-state index contributed by atoms with van der Waals surface area (Å²) in [5.41, 5.74) is -1.27. The average Bonchev–Trinajstić information content (AvgIpc) is 2.17. The predicted molar refractivity (Wildman–Crippen MR) is 58.8 cm³/mol. The van der Waals surface area contributed by atoms with Crippen molar-refractivity contribution in [2.45, 2.75) is 57.2 Å². The molecule has 5 heteroatoms. The van der Waals surface area contributed by atoms with E-state index in [9.17, 15) is 9.90 Å². The normalized spacial score (nSPS) is 30.0. The van der Waals surface area contributed by atoms with E-state index in [0.29, 0.717) is 12.8 Å². The molecular weight excluding hydrogens is 206 g/mol. The molecule has 90 valence electrons. The average molecular weight is 224 g/mol. The maximum atomic E-state index is 11.9. The summed E-state index contributed by atoms with van der Waals surface area (Å²) in [6, 6.07) is -0.501. The third kappa shape index (κ3) is 1.80. The highest BCUT2D eigenvalue weighted by atomic mass is 16.3. The van der Waals surface area contributed by atoms with Crippen molar-refractivity contribution in [3.05, 3.63) is 0 Å².